The summed E-state index contributed by atoms with van der Waals surface area (Å²) in [5.74, 6) is -6.62. The lowest BCUT2D eigenvalue weighted by atomic mass is 9.98. The molecule has 0 radical (unpaired) electrons. The third-order valence-corrected chi connectivity index (χ3v) is 4.18. The molecule has 0 fully saturated rings. The van der Waals surface area contributed by atoms with Gasteiger partial charge in [0.25, 0.3) is 0 Å². The van der Waals surface area contributed by atoms with Crippen molar-refractivity contribution in [2.24, 2.45) is 0 Å². The predicted octanol–water partition coefficient (Wildman–Crippen LogP) is 6.13. The summed E-state index contributed by atoms with van der Waals surface area (Å²) in [6, 6.07) is 18.6. The van der Waals surface area contributed by atoms with E-state index in [4.69, 9.17) is 0 Å². The number of pyridine rings is 1. The summed E-state index contributed by atoms with van der Waals surface area (Å²) in [5, 5.41) is 0.811. The Morgan fingerprint density at radius 2 is 1.31 bits per heavy atom. The molecule has 128 valence electrons. The van der Waals surface area contributed by atoms with Crippen LogP contribution in [-0.4, -0.2) is 4.98 Å². The van der Waals surface area contributed by atoms with Gasteiger partial charge >= 0.3 is 0 Å². The average Bonchev–Trinajstić information content (AvgIpc) is 2.69. The second-order valence-corrected chi connectivity index (χ2v) is 5.79. The molecule has 0 N–H and O–H groups in total. The van der Waals surface area contributed by atoms with Gasteiger partial charge in [-0.25, -0.2) is 22.5 Å². The van der Waals surface area contributed by atoms with Gasteiger partial charge in [-0.2, -0.15) is 0 Å². The number of fused-ring (bicyclic) bond motifs is 1. The highest BCUT2D eigenvalue weighted by atomic mass is 19.2. The van der Waals surface area contributed by atoms with Gasteiger partial charge in [0.2, 0.25) is 0 Å². The van der Waals surface area contributed by atoms with Gasteiger partial charge in [-0.05, 0) is 29.3 Å². The minimum absolute atomic E-state index is 0.0258. The summed E-state index contributed by atoms with van der Waals surface area (Å²) >= 11 is 0. The molecule has 1 aromatic heterocycles. The molecule has 0 amide bonds. The highest BCUT2D eigenvalue weighted by Crippen LogP contribution is 2.34. The Bertz CT molecular complexity index is 1120. The van der Waals surface area contributed by atoms with E-state index in [1.165, 1.54) is 0 Å². The standard InChI is InChI=1S/C21H11F4N/c22-16-10-15(19(23)21(25)20(16)24)18-11-14(12-6-2-1-3-7-12)13-8-4-5-9-17(13)26-18/h1-11H. The minimum Gasteiger partial charge on any atom is -0.248 e. The van der Waals surface area contributed by atoms with Crippen LogP contribution in [0.4, 0.5) is 17.6 Å². The quantitative estimate of drug-likeness (QED) is 0.240. The van der Waals surface area contributed by atoms with Crippen LogP contribution in [0, 0.1) is 23.3 Å². The Hall–Kier alpha value is -3.21. The molecule has 0 aliphatic carbocycles. The predicted molar refractivity (Wildman–Crippen MR) is 92.4 cm³/mol. The van der Waals surface area contributed by atoms with E-state index < -0.39 is 28.8 Å². The fourth-order valence-electron chi connectivity index (χ4n) is 2.93. The number of hydrogen-bond donors (Lipinski definition) is 0. The molecule has 0 aliphatic rings. The number of aromatic nitrogens is 1. The van der Waals surface area contributed by atoms with Crippen molar-refractivity contribution in [3.8, 4) is 22.4 Å². The Morgan fingerprint density at radius 3 is 2.08 bits per heavy atom. The first-order valence-electron chi connectivity index (χ1n) is 7.85. The zero-order chi connectivity index (χ0) is 18.3. The van der Waals surface area contributed by atoms with E-state index in [1.54, 1.807) is 18.2 Å². The van der Waals surface area contributed by atoms with E-state index in [2.05, 4.69) is 4.98 Å². The smallest absolute Gasteiger partial charge is 0.198 e. The van der Waals surface area contributed by atoms with Gasteiger partial charge in [0.15, 0.2) is 23.3 Å². The summed E-state index contributed by atoms with van der Waals surface area (Å²) in [6.07, 6.45) is 0. The molecule has 26 heavy (non-hydrogen) atoms. The van der Waals surface area contributed by atoms with Gasteiger partial charge in [0.1, 0.15) is 0 Å². The highest BCUT2D eigenvalue weighted by molar-refractivity contribution is 5.96. The number of para-hydroxylation sites is 1. The van der Waals surface area contributed by atoms with Crippen LogP contribution in [0.5, 0.6) is 0 Å². The van der Waals surface area contributed by atoms with E-state index in [0.717, 1.165) is 16.5 Å². The summed E-state index contributed by atoms with van der Waals surface area (Å²) in [4.78, 5) is 4.31. The number of halogens is 4. The molecular weight excluding hydrogens is 342 g/mol. The maximum Gasteiger partial charge on any atom is 0.198 e. The monoisotopic (exact) mass is 353 g/mol. The molecule has 1 heterocycles. The lowest BCUT2D eigenvalue weighted by molar-refractivity contribution is 0.410. The van der Waals surface area contributed by atoms with Crippen molar-refractivity contribution < 1.29 is 17.6 Å². The number of hydrogen-bond acceptors (Lipinski definition) is 1. The Kier molecular flexibility index (Phi) is 3.92. The van der Waals surface area contributed by atoms with E-state index >= 15 is 0 Å². The van der Waals surface area contributed by atoms with Crippen molar-refractivity contribution >= 4 is 10.9 Å². The summed E-state index contributed by atoms with van der Waals surface area (Å²) in [6.45, 7) is 0. The molecule has 5 heteroatoms. The second-order valence-electron chi connectivity index (χ2n) is 5.79. The Balaban J connectivity index is 2.04. The second kappa shape index (κ2) is 6.26. The third kappa shape index (κ3) is 2.62. The highest BCUT2D eigenvalue weighted by Gasteiger charge is 2.21. The van der Waals surface area contributed by atoms with Crippen LogP contribution in [0.25, 0.3) is 33.3 Å². The molecule has 3 aromatic carbocycles. The molecule has 0 saturated heterocycles. The molecule has 4 aromatic rings. The first-order valence-corrected chi connectivity index (χ1v) is 7.85. The van der Waals surface area contributed by atoms with E-state index in [1.807, 2.05) is 42.5 Å². The first kappa shape index (κ1) is 16.3. The van der Waals surface area contributed by atoms with Crippen LogP contribution in [0.15, 0.2) is 66.7 Å². The maximum atomic E-state index is 14.2. The molecule has 0 atom stereocenters. The molecule has 0 bridgehead atoms. The number of rotatable bonds is 2. The van der Waals surface area contributed by atoms with Gasteiger partial charge < -0.3 is 0 Å². The van der Waals surface area contributed by atoms with Crippen molar-refractivity contribution in [2.45, 2.75) is 0 Å². The van der Waals surface area contributed by atoms with Gasteiger partial charge in [-0.1, -0.05) is 48.5 Å². The topological polar surface area (TPSA) is 12.9 Å². The molecular formula is C21H11F4N. The van der Waals surface area contributed by atoms with Crippen LogP contribution < -0.4 is 0 Å². The lowest BCUT2D eigenvalue weighted by Crippen LogP contribution is -2.00. The van der Waals surface area contributed by atoms with Gasteiger partial charge in [-0.3, -0.25) is 0 Å². The van der Waals surface area contributed by atoms with Crippen LogP contribution in [0.2, 0.25) is 0 Å². The zero-order valence-electron chi connectivity index (χ0n) is 13.3. The van der Waals surface area contributed by atoms with E-state index in [0.29, 0.717) is 11.6 Å². The molecule has 1 nitrogen and oxygen atoms in total. The first-order chi connectivity index (χ1) is 12.6. The molecule has 0 saturated carbocycles. The maximum absolute atomic E-state index is 14.2. The van der Waals surface area contributed by atoms with Crippen LogP contribution in [-0.2, 0) is 0 Å². The van der Waals surface area contributed by atoms with Crippen molar-refractivity contribution in [2.75, 3.05) is 0 Å². The number of benzene rings is 3. The average molecular weight is 353 g/mol. The summed E-state index contributed by atoms with van der Waals surface area (Å²) in [7, 11) is 0. The van der Waals surface area contributed by atoms with E-state index in [-0.39, 0.29) is 5.69 Å². The SMILES string of the molecule is Fc1cc(-c2cc(-c3ccccc3)c3ccccc3n2)c(F)c(F)c1F. The molecule has 4 rings (SSSR count). The molecule has 0 spiro atoms. The Labute approximate surface area is 146 Å². The van der Waals surface area contributed by atoms with Crippen molar-refractivity contribution in [3.63, 3.8) is 0 Å². The molecule has 0 aliphatic heterocycles. The van der Waals surface area contributed by atoms with E-state index in [9.17, 15) is 17.6 Å². The van der Waals surface area contributed by atoms with Crippen molar-refractivity contribution in [1.82, 2.24) is 4.98 Å². The Morgan fingerprint density at radius 1 is 0.615 bits per heavy atom. The number of nitrogens with zero attached hydrogens (tertiary/aromatic N) is 1. The van der Waals surface area contributed by atoms with Gasteiger partial charge in [0.05, 0.1) is 11.2 Å². The normalized spacial score (nSPS) is 11.1. The zero-order valence-corrected chi connectivity index (χ0v) is 13.3. The molecule has 0 unspecified atom stereocenters. The van der Waals surface area contributed by atoms with Gasteiger partial charge in [0, 0.05) is 10.9 Å². The van der Waals surface area contributed by atoms with Gasteiger partial charge in [-0.15, -0.1) is 0 Å². The van der Waals surface area contributed by atoms with Crippen molar-refractivity contribution in [1.29, 1.82) is 0 Å². The fraction of sp³-hybridized carbons (Fsp3) is 0. The third-order valence-electron chi connectivity index (χ3n) is 4.18. The summed E-state index contributed by atoms with van der Waals surface area (Å²) in [5.41, 5.74) is 1.71. The fourth-order valence-corrected chi connectivity index (χ4v) is 2.93. The largest absolute Gasteiger partial charge is 0.248 e. The van der Waals surface area contributed by atoms with Crippen LogP contribution in [0.1, 0.15) is 0 Å². The van der Waals surface area contributed by atoms with Crippen molar-refractivity contribution in [3.05, 3.63) is 90.0 Å². The minimum atomic E-state index is -1.85. The summed E-state index contributed by atoms with van der Waals surface area (Å²) < 4.78 is 54.8. The van der Waals surface area contributed by atoms with Crippen LogP contribution >= 0.6 is 0 Å². The lowest BCUT2D eigenvalue weighted by Gasteiger charge is -2.11. The van der Waals surface area contributed by atoms with Crippen LogP contribution in [0.3, 0.4) is 0 Å².